The van der Waals surface area contributed by atoms with Crippen molar-refractivity contribution in [3.8, 4) is 0 Å². The van der Waals surface area contributed by atoms with E-state index >= 15 is 0 Å². The van der Waals surface area contributed by atoms with E-state index in [2.05, 4.69) is 19.2 Å². The lowest BCUT2D eigenvalue weighted by Gasteiger charge is -2.13. The van der Waals surface area contributed by atoms with Crippen molar-refractivity contribution in [3.63, 3.8) is 0 Å². The van der Waals surface area contributed by atoms with Crippen molar-refractivity contribution < 1.29 is 9.90 Å². The van der Waals surface area contributed by atoms with E-state index in [-0.39, 0.29) is 6.04 Å². The summed E-state index contributed by atoms with van der Waals surface area (Å²) in [5.41, 5.74) is 0. The summed E-state index contributed by atoms with van der Waals surface area (Å²) in [5.74, 6) is 0.0454. The number of carbonyl (C=O) groups is 1. The lowest BCUT2D eigenvalue weighted by atomic mass is 10.1. The molecule has 0 heterocycles. The molecule has 15 heavy (non-hydrogen) atoms. The lowest BCUT2D eigenvalue weighted by molar-refractivity contribution is -0.139. The SMILES string of the molecule is CCCCC(NC1CC1CCC)C(=O)O. The average molecular weight is 213 g/mol. The monoisotopic (exact) mass is 213 g/mol. The number of carboxylic acids is 1. The summed E-state index contributed by atoms with van der Waals surface area (Å²) in [6.45, 7) is 4.27. The second kappa shape index (κ2) is 6.11. The van der Waals surface area contributed by atoms with Gasteiger partial charge in [0.15, 0.2) is 0 Å². The van der Waals surface area contributed by atoms with Crippen molar-refractivity contribution in [1.82, 2.24) is 5.32 Å². The smallest absolute Gasteiger partial charge is 0.320 e. The number of aliphatic carboxylic acids is 1. The maximum absolute atomic E-state index is 11.0. The van der Waals surface area contributed by atoms with Crippen LogP contribution in [0.5, 0.6) is 0 Å². The molecule has 1 fully saturated rings. The zero-order chi connectivity index (χ0) is 11.3. The first-order valence-corrected chi connectivity index (χ1v) is 6.17. The summed E-state index contributed by atoms with van der Waals surface area (Å²) < 4.78 is 0. The first kappa shape index (κ1) is 12.5. The third-order valence-electron chi connectivity index (χ3n) is 3.14. The van der Waals surface area contributed by atoms with Crippen LogP contribution < -0.4 is 5.32 Å². The quantitative estimate of drug-likeness (QED) is 0.651. The Balaban J connectivity index is 2.24. The van der Waals surface area contributed by atoms with E-state index in [1.54, 1.807) is 0 Å². The van der Waals surface area contributed by atoms with E-state index in [0.717, 1.165) is 25.2 Å². The highest BCUT2D eigenvalue weighted by molar-refractivity contribution is 5.73. The second-order valence-electron chi connectivity index (χ2n) is 4.59. The highest BCUT2D eigenvalue weighted by atomic mass is 16.4. The minimum atomic E-state index is -0.689. The third kappa shape index (κ3) is 4.20. The molecule has 3 unspecified atom stereocenters. The number of hydrogen-bond acceptors (Lipinski definition) is 2. The second-order valence-corrected chi connectivity index (χ2v) is 4.59. The molecule has 3 atom stereocenters. The van der Waals surface area contributed by atoms with Crippen LogP contribution in [0.1, 0.15) is 52.4 Å². The predicted molar refractivity (Wildman–Crippen MR) is 60.9 cm³/mol. The topological polar surface area (TPSA) is 49.3 Å². The standard InChI is InChI=1S/C12H23NO2/c1-3-5-7-10(12(14)15)13-11-8-9(11)6-4-2/h9-11,13H,3-8H2,1-2H3,(H,14,15). The van der Waals surface area contributed by atoms with Gasteiger partial charge in [0.1, 0.15) is 6.04 Å². The summed E-state index contributed by atoms with van der Waals surface area (Å²) >= 11 is 0. The van der Waals surface area contributed by atoms with Gasteiger partial charge in [-0.2, -0.15) is 0 Å². The minimum absolute atomic E-state index is 0.322. The maximum Gasteiger partial charge on any atom is 0.320 e. The van der Waals surface area contributed by atoms with Gasteiger partial charge in [-0.05, 0) is 25.2 Å². The van der Waals surface area contributed by atoms with Crippen LogP contribution in [0.2, 0.25) is 0 Å². The highest BCUT2D eigenvalue weighted by Crippen LogP contribution is 2.35. The van der Waals surface area contributed by atoms with Crippen molar-refractivity contribution in [1.29, 1.82) is 0 Å². The van der Waals surface area contributed by atoms with Crippen LogP contribution in [0.15, 0.2) is 0 Å². The molecule has 0 saturated heterocycles. The molecule has 1 rings (SSSR count). The van der Waals surface area contributed by atoms with Gasteiger partial charge in [0.25, 0.3) is 0 Å². The molecule has 3 nitrogen and oxygen atoms in total. The predicted octanol–water partition coefficient (Wildman–Crippen LogP) is 2.41. The van der Waals surface area contributed by atoms with Gasteiger partial charge in [-0.1, -0.05) is 33.1 Å². The van der Waals surface area contributed by atoms with Gasteiger partial charge in [-0.15, -0.1) is 0 Å². The largest absolute Gasteiger partial charge is 0.480 e. The molecular weight excluding hydrogens is 190 g/mol. The van der Waals surface area contributed by atoms with Crippen molar-refractivity contribution >= 4 is 5.97 Å². The summed E-state index contributed by atoms with van der Waals surface area (Å²) in [6.07, 6.45) is 6.43. The van der Waals surface area contributed by atoms with E-state index < -0.39 is 5.97 Å². The van der Waals surface area contributed by atoms with Gasteiger partial charge in [0.2, 0.25) is 0 Å². The zero-order valence-electron chi connectivity index (χ0n) is 9.83. The molecule has 0 aliphatic heterocycles. The maximum atomic E-state index is 11.0. The Labute approximate surface area is 92.3 Å². The summed E-state index contributed by atoms with van der Waals surface area (Å²) in [5, 5.41) is 12.3. The molecule has 0 bridgehead atoms. The molecule has 1 aliphatic carbocycles. The third-order valence-corrected chi connectivity index (χ3v) is 3.14. The fourth-order valence-electron chi connectivity index (χ4n) is 2.09. The average Bonchev–Trinajstić information content (AvgIpc) is 2.91. The van der Waals surface area contributed by atoms with E-state index in [1.165, 1.54) is 19.3 Å². The number of hydrogen-bond donors (Lipinski definition) is 2. The normalized spacial score (nSPS) is 26.3. The van der Waals surface area contributed by atoms with E-state index in [0.29, 0.717) is 6.04 Å². The molecular formula is C12H23NO2. The van der Waals surface area contributed by atoms with Gasteiger partial charge in [0.05, 0.1) is 0 Å². The van der Waals surface area contributed by atoms with Crippen LogP contribution in [0, 0.1) is 5.92 Å². The number of nitrogens with one attached hydrogen (secondary N) is 1. The van der Waals surface area contributed by atoms with Gasteiger partial charge in [-0.25, -0.2) is 0 Å². The van der Waals surface area contributed by atoms with Crippen LogP contribution in [0.4, 0.5) is 0 Å². The van der Waals surface area contributed by atoms with E-state index in [1.807, 2.05) is 0 Å². The van der Waals surface area contributed by atoms with E-state index in [4.69, 9.17) is 5.11 Å². The van der Waals surface area contributed by atoms with Crippen molar-refractivity contribution in [2.75, 3.05) is 0 Å². The van der Waals surface area contributed by atoms with Crippen molar-refractivity contribution in [3.05, 3.63) is 0 Å². The molecule has 0 aromatic heterocycles. The zero-order valence-corrected chi connectivity index (χ0v) is 9.83. The van der Waals surface area contributed by atoms with Crippen LogP contribution in [-0.2, 0) is 4.79 Å². The van der Waals surface area contributed by atoms with E-state index in [9.17, 15) is 4.79 Å². The van der Waals surface area contributed by atoms with Gasteiger partial charge in [-0.3, -0.25) is 4.79 Å². The number of rotatable bonds is 8. The molecule has 3 heteroatoms. The van der Waals surface area contributed by atoms with Gasteiger partial charge >= 0.3 is 5.97 Å². The first-order valence-electron chi connectivity index (χ1n) is 6.17. The van der Waals surface area contributed by atoms with Crippen LogP contribution in [-0.4, -0.2) is 23.2 Å². The Kier molecular flexibility index (Phi) is 5.09. The van der Waals surface area contributed by atoms with Gasteiger partial charge in [0, 0.05) is 6.04 Å². The molecule has 1 saturated carbocycles. The molecule has 2 N–H and O–H groups in total. The Morgan fingerprint density at radius 3 is 2.73 bits per heavy atom. The van der Waals surface area contributed by atoms with Crippen LogP contribution in [0.25, 0.3) is 0 Å². The molecule has 0 amide bonds. The first-order chi connectivity index (χ1) is 7.19. The summed E-state index contributed by atoms with van der Waals surface area (Å²) in [4.78, 5) is 11.0. The Morgan fingerprint density at radius 1 is 1.47 bits per heavy atom. The fourth-order valence-corrected chi connectivity index (χ4v) is 2.09. The molecule has 0 spiro atoms. The van der Waals surface area contributed by atoms with Crippen LogP contribution >= 0.6 is 0 Å². The number of carboxylic acid groups (broad SMARTS) is 1. The van der Waals surface area contributed by atoms with Crippen molar-refractivity contribution in [2.24, 2.45) is 5.92 Å². The summed E-state index contributed by atoms with van der Waals surface area (Å²) in [7, 11) is 0. The molecule has 0 radical (unpaired) electrons. The van der Waals surface area contributed by atoms with Crippen LogP contribution in [0.3, 0.4) is 0 Å². The Morgan fingerprint density at radius 2 is 2.20 bits per heavy atom. The fraction of sp³-hybridized carbons (Fsp3) is 0.917. The molecule has 0 aromatic rings. The lowest BCUT2D eigenvalue weighted by Crippen LogP contribution is -2.38. The Bertz CT molecular complexity index is 206. The van der Waals surface area contributed by atoms with Crippen molar-refractivity contribution in [2.45, 2.75) is 64.5 Å². The Hall–Kier alpha value is -0.570. The van der Waals surface area contributed by atoms with Gasteiger partial charge < -0.3 is 10.4 Å². The minimum Gasteiger partial charge on any atom is -0.480 e. The number of unbranched alkanes of at least 4 members (excludes halogenated alkanes) is 1. The molecule has 88 valence electrons. The highest BCUT2D eigenvalue weighted by Gasteiger charge is 2.38. The molecule has 0 aromatic carbocycles. The summed E-state index contributed by atoms with van der Waals surface area (Å²) in [6, 6.07) is 0.153. The molecule has 1 aliphatic rings.